The van der Waals surface area contributed by atoms with Crippen molar-refractivity contribution in [2.75, 3.05) is 13.1 Å². The minimum Gasteiger partial charge on any atom is -0.493 e. The molecule has 1 N–H and O–H groups in total. The molecule has 2 aromatic carbocycles. The van der Waals surface area contributed by atoms with E-state index in [-0.39, 0.29) is 11.6 Å². The number of hydrogen-bond acceptors (Lipinski definition) is 3. The first-order valence-electron chi connectivity index (χ1n) is 8.89. The maximum absolute atomic E-state index is 12.8. The lowest BCUT2D eigenvalue weighted by molar-refractivity contribution is 0.218. The average molecular weight is 483 g/mol. The van der Waals surface area contributed by atoms with Gasteiger partial charge in [0.15, 0.2) is 0 Å². The number of aromatic hydroxyl groups is 1. The Labute approximate surface area is 180 Å². The molecule has 1 aliphatic heterocycles. The first-order chi connectivity index (χ1) is 13.4. The van der Waals surface area contributed by atoms with E-state index in [2.05, 4.69) is 33.0 Å². The van der Waals surface area contributed by atoms with Gasteiger partial charge in [-0.2, -0.15) is 0 Å². The first kappa shape index (κ1) is 19.6. The van der Waals surface area contributed by atoms with Crippen molar-refractivity contribution in [2.45, 2.75) is 19.5 Å². The fraction of sp³-hybridized carbons (Fsp3) is 0.250. The summed E-state index contributed by atoms with van der Waals surface area (Å²) in [7, 11) is 0. The van der Waals surface area contributed by atoms with E-state index in [4.69, 9.17) is 23.2 Å². The van der Waals surface area contributed by atoms with Crippen LogP contribution in [0.25, 0.3) is 5.69 Å². The Morgan fingerprint density at radius 1 is 1.04 bits per heavy atom. The van der Waals surface area contributed by atoms with E-state index >= 15 is 0 Å². The minimum absolute atomic E-state index is 0.0586. The SMILES string of the molecule is O=c1n2c(c(O)n1-c1cc(Cl)cc(Cl)c1)CN(CCc1ccc(Br)cc1)CC2. The monoisotopic (exact) mass is 481 g/mol. The van der Waals surface area contributed by atoms with Gasteiger partial charge in [-0.25, -0.2) is 9.36 Å². The fourth-order valence-corrected chi connectivity index (χ4v) is 4.30. The normalized spacial score (nSPS) is 14.2. The van der Waals surface area contributed by atoms with Gasteiger partial charge in [0.1, 0.15) is 0 Å². The van der Waals surface area contributed by atoms with Crippen LogP contribution in [0.2, 0.25) is 10.0 Å². The molecule has 1 aromatic heterocycles. The van der Waals surface area contributed by atoms with Gasteiger partial charge in [0.05, 0.1) is 11.4 Å². The van der Waals surface area contributed by atoms with E-state index in [0.29, 0.717) is 34.5 Å². The Hall–Kier alpha value is -1.73. The van der Waals surface area contributed by atoms with Gasteiger partial charge in [-0.3, -0.25) is 9.47 Å². The summed E-state index contributed by atoms with van der Waals surface area (Å²) in [6, 6.07) is 13.1. The zero-order valence-electron chi connectivity index (χ0n) is 14.9. The summed E-state index contributed by atoms with van der Waals surface area (Å²) in [5.74, 6) is -0.0586. The summed E-state index contributed by atoms with van der Waals surface area (Å²) < 4.78 is 3.96. The van der Waals surface area contributed by atoms with Crippen LogP contribution >= 0.6 is 39.1 Å². The Bertz CT molecular complexity index is 1060. The molecule has 1 aliphatic rings. The van der Waals surface area contributed by atoms with Crippen LogP contribution in [0.4, 0.5) is 0 Å². The molecular formula is C20H18BrCl2N3O2. The van der Waals surface area contributed by atoms with Crippen molar-refractivity contribution in [1.82, 2.24) is 14.0 Å². The minimum atomic E-state index is -0.279. The van der Waals surface area contributed by atoms with E-state index in [9.17, 15) is 9.90 Å². The molecule has 0 aliphatic carbocycles. The van der Waals surface area contributed by atoms with E-state index in [0.717, 1.165) is 24.0 Å². The van der Waals surface area contributed by atoms with Crippen molar-refractivity contribution in [2.24, 2.45) is 0 Å². The third-order valence-corrected chi connectivity index (χ3v) is 5.93. The first-order valence-corrected chi connectivity index (χ1v) is 10.4. The van der Waals surface area contributed by atoms with E-state index < -0.39 is 0 Å². The van der Waals surface area contributed by atoms with Gasteiger partial charge in [-0.1, -0.05) is 51.3 Å². The number of rotatable bonds is 4. The Morgan fingerprint density at radius 2 is 1.71 bits per heavy atom. The van der Waals surface area contributed by atoms with Crippen molar-refractivity contribution in [3.05, 3.63) is 78.7 Å². The second-order valence-electron chi connectivity index (χ2n) is 6.82. The van der Waals surface area contributed by atoms with Gasteiger partial charge in [-0.15, -0.1) is 0 Å². The summed E-state index contributed by atoms with van der Waals surface area (Å²) in [6.45, 7) is 2.65. The van der Waals surface area contributed by atoms with Crippen molar-refractivity contribution in [3.8, 4) is 11.6 Å². The summed E-state index contributed by atoms with van der Waals surface area (Å²) >= 11 is 15.6. The molecule has 0 saturated heterocycles. The molecule has 8 heteroatoms. The van der Waals surface area contributed by atoms with Crippen LogP contribution < -0.4 is 5.69 Å². The van der Waals surface area contributed by atoms with Crippen molar-refractivity contribution >= 4 is 39.1 Å². The standard InChI is InChI=1S/C20H18BrCl2N3O2/c21-14-3-1-13(2-4-14)5-6-24-7-8-25-18(12-24)19(27)26(20(25)28)17-10-15(22)9-16(23)11-17/h1-4,9-11,27H,5-8,12H2. The van der Waals surface area contributed by atoms with Crippen molar-refractivity contribution in [1.29, 1.82) is 0 Å². The second kappa shape index (κ2) is 7.95. The molecule has 4 rings (SSSR count). The predicted octanol–water partition coefficient (Wildman–Crippen LogP) is 4.47. The van der Waals surface area contributed by atoms with Gasteiger partial charge < -0.3 is 5.11 Å². The lowest BCUT2D eigenvalue weighted by Gasteiger charge is -2.27. The van der Waals surface area contributed by atoms with Crippen LogP contribution in [-0.4, -0.2) is 32.2 Å². The van der Waals surface area contributed by atoms with Gasteiger partial charge in [-0.05, 0) is 42.3 Å². The molecule has 0 fully saturated rings. The topological polar surface area (TPSA) is 50.4 Å². The molecule has 2 heterocycles. The largest absolute Gasteiger partial charge is 0.493 e. The Kier molecular flexibility index (Phi) is 5.56. The molecule has 0 atom stereocenters. The molecule has 0 bridgehead atoms. The average Bonchev–Trinajstić information content (AvgIpc) is 2.91. The van der Waals surface area contributed by atoms with Gasteiger partial charge in [0, 0.05) is 40.7 Å². The summed E-state index contributed by atoms with van der Waals surface area (Å²) in [4.78, 5) is 15.1. The van der Waals surface area contributed by atoms with Crippen LogP contribution in [-0.2, 0) is 19.5 Å². The molecule has 3 aromatic rings. The quantitative estimate of drug-likeness (QED) is 0.596. The molecule has 0 unspecified atom stereocenters. The third-order valence-electron chi connectivity index (χ3n) is 4.97. The van der Waals surface area contributed by atoms with Crippen molar-refractivity contribution < 1.29 is 5.11 Å². The van der Waals surface area contributed by atoms with Crippen LogP contribution in [0.3, 0.4) is 0 Å². The number of aromatic nitrogens is 2. The second-order valence-corrected chi connectivity index (χ2v) is 8.61. The molecular weight excluding hydrogens is 465 g/mol. The van der Waals surface area contributed by atoms with Gasteiger partial charge in [0.2, 0.25) is 5.88 Å². The van der Waals surface area contributed by atoms with Gasteiger partial charge >= 0.3 is 5.69 Å². The van der Waals surface area contributed by atoms with E-state index in [1.54, 1.807) is 22.8 Å². The molecule has 5 nitrogen and oxygen atoms in total. The number of nitrogens with zero attached hydrogens (tertiary/aromatic N) is 3. The van der Waals surface area contributed by atoms with E-state index in [1.807, 2.05) is 12.1 Å². The maximum Gasteiger partial charge on any atom is 0.336 e. The zero-order valence-corrected chi connectivity index (χ0v) is 18.0. The fourth-order valence-electron chi connectivity index (χ4n) is 3.53. The molecule has 0 saturated carbocycles. The summed E-state index contributed by atoms with van der Waals surface area (Å²) in [6.07, 6.45) is 0.906. The smallest absolute Gasteiger partial charge is 0.336 e. The molecule has 28 heavy (non-hydrogen) atoms. The predicted molar refractivity (Wildman–Crippen MR) is 115 cm³/mol. The lowest BCUT2D eigenvalue weighted by atomic mass is 10.1. The Morgan fingerprint density at radius 3 is 2.39 bits per heavy atom. The number of fused-ring (bicyclic) bond motifs is 1. The number of benzene rings is 2. The van der Waals surface area contributed by atoms with Crippen LogP contribution in [0.15, 0.2) is 51.7 Å². The highest BCUT2D eigenvalue weighted by Gasteiger charge is 2.26. The highest BCUT2D eigenvalue weighted by molar-refractivity contribution is 9.10. The molecule has 0 amide bonds. The highest BCUT2D eigenvalue weighted by Crippen LogP contribution is 2.28. The molecule has 146 valence electrons. The zero-order chi connectivity index (χ0) is 19.8. The maximum atomic E-state index is 12.8. The highest BCUT2D eigenvalue weighted by atomic mass is 79.9. The Balaban J connectivity index is 1.57. The molecule has 0 radical (unpaired) electrons. The number of halogens is 3. The van der Waals surface area contributed by atoms with Gasteiger partial charge in [0.25, 0.3) is 0 Å². The van der Waals surface area contributed by atoms with Crippen LogP contribution in [0, 0.1) is 0 Å². The molecule has 0 spiro atoms. The van der Waals surface area contributed by atoms with Crippen LogP contribution in [0.5, 0.6) is 5.88 Å². The summed E-state index contributed by atoms with van der Waals surface area (Å²) in [5, 5.41) is 11.6. The van der Waals surface area contributed by atoms with Crippen molar-refractivity contribution in [3.63, 3.8) is 0 Å². The third kappa shape index (κ3) is 3.87. The lowest BCUT2D eigenvalue weighted by Crippen LogP contribution is -2.38. The number of imidazole rings is 1. The summed E-state index contributed by atoms with van der Waals surface area (Å²) in [5.41, 5.74) is 2.05. The van der Waals surface area contributed by atoms with E-state index in [1.165, 1.54) is 10.1 Å². The number of hydrogen-bond donors (Lipinski definition) is 1. The van der Waals surface area contributed by atoms with Crippen LogP contribution in [0.1, 0.15) is 11.3 Å².